The fraction of sp³-hybridized carbons (Fsp3) is 0.409. The van der Waals surface area contributed by atoms with Crippen molar-refractivity contribution in [2.24, 2.45) is 5.16 Å². The van der Waals surface area contributed by atoms with Crippen LogP contribution < -0.4 is 0 Å². The second kappa shape index (κ2) is 8.68. The smallest absolute Gasteiger partial charge is 0.142 e. The molecule has 0 N–H and O–H groups in total. The normalized spacial score (nSPS) is 15.7. The Labute approximate surface area is 145 Å². The van der Waals surface area contributed by atoms with Gasteiger partial charge in [-0.25, -0.2) is 0 Å². The van der Waals surface area contributed by atoms with E-state index in [2.05, 4.69) is 60.6 Å². The minimum Gasteiger partial charge on any atom is -0.391 e. The molecule has 2 nitrogen and oxygen atoms in total. The topological polar surface area (TPSA) is 21.6 Å². The van der Waals surface area contributed by atoms with Gasteiger partial charge in [0.2, 0.25) is 0 Å². The summed E-state index contributed by atoms with van der Waals surface area (Å²) in [6.07, 6.45) is 9.65. The Bertz CT molecular complexity index is 671. The summed E-state index contributed by atoms with van der Waals surface area (Å²) in [5, 5.41) is 4.15. The lowest BCUT2D eigenvalue weighted by molar-refractivity contribution is 0.132. The van der Waals surface area contributed by atoms with Crippen LogP contribution in [-0.2, 0) is 17.9 Å². The number of aryl methyl sites for hydroxylation is 1. The summed E-state index contributed by atoms with van der Waals surface area (Å²) in [6.45, 7) is 2.68. The standard InChI is InChI=1S/C22H27NO/c1-2-18-8-6-10-20(14-18)17-24-23-16-19-9-7-13-22(15-19)21-11-4-3-5-12-21/h6-10,13-16,21H,2-5,11-12,17H2,1H3. The highest BCUT2D eigenvalue weighted by molar-refractivity contribution is 5.79. The molecule has 0 amide bonds. The van der Waals surface area contributed by atoms with Crippen molar-refractivity contribution in [3.05, 3.63) is 70.8 Å². The van der Waals surface area contributed by atoms with Crippen LogP contribution in [0.15, 0.2) is 53.7 Å². The minimum absolute atomic E-state index is 0.520. The minimum atomic E-state index is 0.520. The van der Waals surface area contributed by atoms with E-state index in [0.29, 0.717) is 6.61 Å². The summed E-state index contributed by atoms with van der Waals surface area (Å²) in [5.41, 5.74) is 5.08. The molecule has 0 unspecified atom stereocenters. The van der Waals surface area contributed by atoms with E-state index < -0.39 is 0 Å². The van der Waals surface area contributed by atoms with Crippen LogP contribution in [0.1, 0.15) is 67.2 Å². The van der Waals surface area contributed by atoms with E-state index in [1.807, 2.05) is 6.21 Å². The van der Waals surface area contributed by atoms with E-state index in [4.69, 9.17) is 4.84 Å². The van der Waals surface area contributed by atoms with Gasteiger partial charge in [0.25, 0.3) is 0 Å². The lowest BCUT2D eigenvalue weighted by atomic mass is 9.84. The molecule has 1 aliphatic rings. The summed E-state index contributed by atoms with van der Waals surface area (Å²) in [4.78, 5) is 5.48. The molecule has 0 spiro atoms. The van der Waals surface area contributed by atoms with Gasteiger partial charge >= 0.3 is 0 Å². The van der Waals surface area contributed by atoms with Gasteiger partial charge in [-0.3, -0.25) is 0 Å². The highest BCUT2D eigenvalue weighted by atomic mass is 16.6. The van der Waals surface area contributed by atoms with Gasteiger partial charge in [-0.2, -0.15) is 0 Å². The van der Waals surface area contributed by atoms with E-state index in [0.717, 1.165) is 17.9 Å². The maximum Gasteiger partial charge on any atom is 0.142 e. The van der Waals surface area contributed by atoms with Crippen molar-refractivity contribution in [2.45, 2.75) is 58.0 Å². The zero-order chi connectivity index (χ0) is 16.6. The summed E-state index contributed by atoms with van der Waals surface area (Å²) in [6, 6.07) is 17.2. The molecule has 2 aromatic carbocycles. The first-order valence-electron chi connectivity index (χ1n) is 9.18. The number of oxime groups is 1. The van der Waals surface area contributed by atoms with Gasteiger partial charge in [0.05, 0.1) is 6.21 Å². The van der Waals surface area contributed by atoms with Crippen molar-refractivity contribution in [1.82, 2.24) is 0 Å². The zero-order valence-corrected chi connectivity index (χ0v) is 14.6. The van der Waals surface area contributed by atoms with Crippen LogP contribution in [-0.4, -0.2) is 6.21 Å². The lowest BCUT2D eigenvalue weighted by Crippen LogP contribution is -2.04. The predicted molar refractivity (Wildman–Crippen MR) is 100 cm³/mol. The molecule has 0 saturated heterocycles. The third-order valence-corrected chi connectivity index (χ3v) is 4.89. The van der Waals surface area contributed by atoms with Crippen molar-refractivity contribution in [1.29, 1.82) is 0 Å². The monoisotopic (exact) mass is 321 g/mol. The lowest BCUT2D eigenvalue weighted by Gasteiger charge is -2.22. The number of hydrogen-bond donors (Lipinski definition) is 0. The van der Waals surface area contributed by atoms with Gasteiger partial charge in [-0.15, -0.1) is 0 Å². The molecule has 2 aromatic rings. The fourth-order valence-corrected chi connectivity index (χ4v) is 3.48. The average molecular weight is 321 g/mol. The fourth-order valence-electron chi connectivity index (χ4n) is 3.48. The first-order valence-corrected chi connectivity index (χ1v) is 9.18. The molecule has 2 heteroatoms. The van der Waals surface area contributed by atoms with E-state index in [1.54, 1.807) is 0 Å². The van der Waals surface area contributed by atoms with Gasteiger partial charge < -0.3 is 4.84 Å². The Hall–Kier alpha value is -2.09. The SMILES string of the molecule is CCc1cccc(CON=Cc2cccc(C3CCCCC3)c2)c1. The molecule has 24 heavy (non-hydrogen) atoms. The van der Waals surface area contributed by atoms with E-state index in [9.17, 15) is 0 Å². The Kier molecular flexibility index (Phi) is 6.06. The molecule has 1 saturated carbocycles. The van der Waals surface area contributed by atoms with Crippen molar-refractivity contribution in [3.63, 3.8) is 0 Å². The highest BCUT2D eigenvalue weighted by Gasteiger charge is 2.15. The number of rotatable bonds is 6. The molecule has 0 aliphatic heterocycles. The van der Waals surface area contributed by atoms with Crippen LogP contribution in [0.25, 0.3) is 0 Å². The van der Waals surface area contributed by atoms with Gasteiger partial charge in [0.15, 0.2) is 0 Å². The molecule has 1 aliphatic carbocycles. The van der Waals surface area contributed by atoms with Gasteiger partial charge in [0, 0.05) is 0 Å². The molecule has 0 atom stereocenters. The highest BCUT2D eigenvalue weighted by Crippen LogP contribution is 2.32. The third kappa shape index (κ3) is 4.70. The van der Waals surface area contributed by atoms with Gasteiger partial charge in [-0.1, -0.05) is 73.8 Å². The third-order valence-electron chi connectivity index (χ3n) is 4.89. The van der Waals surface area contributed by atoms with Crippen molar-refractivity contribution in [2.75, 3.05) is 0 Å². The molecular formula is C22H27NO. The molecular weight excluding hydrogens is 294 g/mol. The van der Waals surface area contributed by atoms with Crippen LogP contribution in [0, 0.1) is 0 Å². The molecule has 1 fully saturated rings. The molecule has 3 rings (SSSR count). The first-order chi connectivity index (χ1) is 11.8. The van der Waals surface area contributed by atoms with E-state index in [-0.39, 0.29) is 0 Å². The second-order valence-electron chi connectivity index (χ2n) is 6.69. The maximum absolute atomic E-state index is 5.48. The second-order valence-corrected chi connectivity index (χ2v) is 6.69. The number of benzene rings is 2. The largest absolute Gasteiger partial charge is 0.391 e. The molecule has 0 radical (unpaired) electrons. The van der Waals surface area contributed by atoms with Gasteiger partial charge in [-0.05, 0) is 53.5 Å². The molecule has 0 bridgehead atoms. The van der Waals surface area contributed by atoms with Crippen molar-refractivity contribution in [3.8, 4) is 0 Å². The maximum atomic E-state index is 5.48. The van der Waals surface area contributed by atoms with E-state index in [1.165, 1.54) is 48.8 Å². The quantitative estimate of drug-likeness (QED) is 0.483. The van der Waals surface area contributed by atoms with Crippen LogP contribution in [0.3, 0.4) is 0 Å². The Morgan fingerprint density at radius 1 is 1.00 bits per heavy atom. The zero-order valence-electron chi connectivity index (χ0n) is 14.6. The Balaban J connectivity index is 1.56. The summed E-state index contributed by atoms with van der Waals surface area (Å²) in [7, 11) is 0. The number of hydrogen-bond acceptors (Lipinski definition) is 2. The van der Waals surface area contributed by atoms with Gasteiger partial charge in [0.1, 0.15) is 6.61 Å². The van der Waals surface area contributed by atoms with E-state index >= 15 is 0 Å². The van der Waals surface area contributed by atoms with Crippen molar-refractivity contribution < 1.29 is 4.84 Å². The van der Waals surface area contributed by atoms with Crippen LogP contribution in [0.2, 0.25) is 0 Å². The van der Waals surface area contributed by atoms with Crippen LogP contribution in [0.4, 0.5) is 0 Å². The Morgan fingerprint density at radius 3 is 2.62 bits per heavy atom. The summed E-state index contributed by atoms with van der Waals surface area (Å²) in [5.74, 6) is 0.727. The van der Waals surface area contributed by atoms with Crippen LogP contribution in [0.5, 0.6) is 0 Å². The number of nitrogens with zero attached hydrogens (tertiary/aromatic N) is 1. The predicted octanol–water partition coefficient (Wildman–Crippen LogP) is 5.85. The molecule has 126 valence electrons. The summed E-state index contributed by atoms with van der Waals surface area (Å²) >= 11 is 0. The van der Waals surface area contributed by atoms with Crippen LogP contribution >= 0.6 is 0 Å². The first kappa shape index (κ1) is 16.8. The summed E-state index contributed by atoms with van der Waals surface area (Å²) < 4.78 is 0. The Morgan fingerprint density at radius 2 is 1.79 bits per heavy atom. The molecule has 0 aromatic heterocycles. The average Bonchev–Trinajstić information content (AvgIpc) is 2.66. The van der Waals surface area contributed by atoms with Crippen molar-refractivity contribution >= 4 is 6.21 Å². The molecule has 0 heterocycles.